The zero-order valence-electron chi connectivity index (χ0n) is 10.8. The molecule has 0 saturated carbocycles. The van der Waals surface area contributed by atoms with Crippen molar-refractivity contribution < 1.29 is 9.59 Å². The van der Waals surface area contributed by atoms with E-state index in [4.69, 9.17) is 0 Å². The van der Waals surface area contributed by atoms with Crippen molar-refractivity contribution in [2.75, 3.05) is 5.32 Å². The minimum atomic E-state index is -0.565. The summed E-state index contributed by atoms with van der Waals surface area (Å²) >= 11 is 3.30. The van der Waals surface area contributed by atoms with E-state index in [2.05, 4.69) is 37.7 Å². The average Bonchev–Trinajstić information content (AvgIpc) is 2.78. The van der Waals surface area contributed by atoms with Crippen molar-refractivity contribution in [1.29, 1.82) is 0 Å². The third-order valence-corrected chi connectivity index (χ3v) is 3.81. The zero-order chi connectivity index (χ0) is 15.4. The molecule has 1 heterocycles. The number of anilines is 1. The van der Waals surface area contributed by atoms with Gasteiger partial charge in [-0.1, -0.05) is 0 Å². The van der Waals surface area contributed by atoms with Gasteiger partial charge in [-0.3, -0.25) is 19.4 Å². The Kier molecular flexibility index (Phi) is 5.07. The molecule has 2 aromatic rings. The maximum Gasteiger partial charge on any atom is 0.352 e. The molecule has 110 valence electrons. The summed E-state index contributed by atoms with van der Waals surface area (Å²) in [6.07, 6.45) is 0. The molecule has 9 heteroatoms. The lowest BCUT2D eigenvalue weighted by atomic mass is 10.4. The fraction of sp³-hybridized carbons (Fsp3) is 0.0833. The van der Waals surface area contributed by atoms with Crippen LogP contribution in [0.3, 0.4) is 0 Å². The monoisotopic (exact) mass is 418 g/mol. The molecule has 0 unspecified atom stereocenters. The lowest BCUT2D eigenvalue weighted by Crippen LogP contribution is -2.27. The molecule has 7 nitrogen and oxygen atoms in total. The van der Waals surface area contributed by atoms with Crippen molar-refractivity contribution in [3.8, 4) is 0 Å². The first-order valence-corrected chi connectivity index (χ1v) is 7.67. The second-order valence-electron chi connectivity index (χ2n) is 3.99. The van der Waals surface area contributed by atoms with Gasteiger partial charge in [0.2, 0.25) is 5.91 Å². The number of amides is 2. The zero-order valence-corrected chi connectivity index (χ0v) is 13.8. The molecule has 0 radical (unpaired) electrons. The number of halogens is 1. The van der Waals surface area contributed by atoms with E-state index in [1.54, 1.807) is 0 Å². The van der Waals surface area contributed by atoms with Crippen LogP contribution in [0.4, 0.5) is 10.6 Å². The molecule has 0 atom stereocenters. The van der Waals surface area contributed by atoms with Crippen molar-refractivity contribution in [3.05, 3.63) is 44.3 Å². The van der Waals surface area contributed by atoms with Gasteiger partial charge < -0.3 is 5.32 Å². The summed E-state index contributed by atoms with van der Waals surface area (Å²) in [7, 11) is 0. The fourth-order valence-corrected chi connectivity index (χ4v) is 2.40. The smallest absolute Gasteiger partial charge is 0.311 e. The van der Waals surface area contributed by atoms with E-state index in [1.807, 2.05) is 24.3 Å². The summed E-state index contributed by atoms with van der Waals surface area (Å²) in [5.41, 5.74) is -0.479. The van der Waals surface area contributed by atoms with Crippen LogP contribution in [-0.2, 0) is 4.79 Å². The van der Waals surface area contributed by atoms with Gasteiger partial charge in [0.1, 0.15) is 5.82 Å². The first-order chi connectivity index (χ1) is 9.95. The minimum Gasteiger partial charge on any atom is -0.311 e. The van der Waals surface area contributed by atoms with Crippen LogP contribution in [0.15, 0.2) is 40.0 Å². The molecule has 0 aliphatic heterocycles. The second kappa shape index (κ2) is 6.80. The van der Waals surface area contributed by atoms with Crippen molar-refractivity contribution >= 4 is 52.3 Å². The highest BCUT2D eigenvalue weighted by atomic mass is 127. The second-order valence-corrected chi connectivity index (χ2v) is 6.11. The Labute approximate surface area is 137 Å². The first kappa shape index (κ1) is 15.6. The maximum absolute atomic E-state index is 12.0. The third-order valence-electron chi connectivity index (χ3n) is 2.31. The topological polar surface area (TPSA) is 96.0 Å². The summed E-state index contributed by atoms with van der Waals surface area (Å²) in [6.45, 7) is 1.29. The number of hydrogen-bond acceptors (Lipinski definition) is 4. The standard InChI is InChI=1S/C12H11IN4O3S/c1-7(18)14-10-6-11(19)15-17(10)12(20)16-21-9-4-2-8(13)3-5-9/h2-6H,1H3,(H,14,18)(H,15,19)(H,16,20). The number of nitrogens with zero attached hydrogens (tertiary/aromatic N) is 1. The van der Waals surface area contributed by atoms with E-state index in [0.29, 0.717) is 0 Å². The SMILES string of the molecule is CC(=O)Nc1cc(=O)[nH]n1C(=O)NSc1ccc(I)cc1. The fourth-order valence-electron chi connectivity index (χ4n) is 1.47. The van der Waals surface area contributed by atoms with Gasteiger partial charge in [0, 0.05) is 21.5 Å². The molecule has 3 N–H and O–H groups in total. The Hall–Kier alpha value is -1.75. The molecule has 0 saturated heterocycles. The molecule has 2 rings (SSSR count). The third kappa shape index (κ3) is 4.36. The number of hydrogen-bond donors (Lipinski definition) is 3. The molecular weight excluding hydrogens is 407 g/mol. The van der Waals surface area contributed by atoms with Crippen LogP contribution in [-0.4, -0.2) is 21.7 Å². The molecular formula is C12H11IN4O3S. The molecule has 1 aromatic carbocycles. The van der Waals surface area contributed by atoms with Crippen molar-refractivity contribution in [3.63, 3.8) is 0 Å². The molecule has 0 spiro atoms. The number of carbonyl (C=O) groups is 2. The Morgan fingerprint density at radius 2 is 1.95 bits per heavy atom. The van der Waals surface area contributed by atoms with Crippen LogP contribution < -0.4 is 15.6 Å². The Bertz CT molecular complexity index is 723. The van der Waals surface area contributed by atoms with Crippen molar-refractivity contribution in [1.82, 2.24) is 14.5 Å². The summed E-state index contributed by atoms with van der Waals surface area (Å²) in [5, 5.41) is 4.72. The number of aromatic amines is 1. The highest BCUT2D eigenvalue weighted by molar-refractivity contribution is 14.1. The summed E-state index contributed by atoms with van der Waals surface area (Å²) in [5.74, 6) is -0.283. The van der Waals surface area contributed by atoms with Gasteiger partial charge in [-0.05, 0) is 58.8 Å². The van der Waals surface area contributed by atoms with Crippen LogP contribution in [0.2, 0.25) is 0 Å². The number of rotatable bonds is 3. The molecule has 0 bridgehead atoms. The van der Waals surface area contributed by atoms with Gasteiger partial charge >= 0.3 is 6.03 Å². The predicted molar refractivity (Wildman–Crippen MR) is 88.3 cm³/mol. The maximum atomic E-state index is 12.0. The molecule has 1 aromatic heterocycles. The normalized spacial score (nSPS) is 10.2. The summed E-state index contributed by atoms with van der Waals surface area (Å²) in [4.78, 5) is 35.2. The van der Waals surface area contributed by atoms with Gasteiger partial charge in [-0.15, -0.1) is 0 Å². The Balaban J connectivity index is 2.08. The van der Waals surface area contributed by atoms with Crippen molar-refractivity contribution in [2.45, 2.75) is 11.8 Å². The summed E-state index contributed by atoms with van der Waals surface area (Å²) < 4.78 is 4.62. The number of nitrogens with one attached hydrogen (secondary N) is 3. The highest BCUT2D eigenvalue weighted by Crippen LogP contribution is 2.16. The average molecular weight is 418 g/mol. The quantitative estimate of drug-likeness (QED) is 0.525. The number of H-pyrrole nitrogens is 1. The molecule has 2 amide bonds. The minimum absolute atomic E-state index is 0.0909. The van der Waals surface area contributed by atoms with E-state index in [-0.39, 0.29) is 11.7 Å². The number of benzene rings is 1. The lowest BCUT2D eigenvalue weighted by molar-refractivity contribution is -0.114. The Morgan fingerprint density at radius 3 is 2.57 bits per heavy atom. The van der Waals surface area contributed by atoms with Crippen LogP contribution in [0.25, 0.3) is 0 Å². The lowest BCUT2D eigenvalue weighted by Gasteiger charge is -2.08. The van der Waals surface area contributed by atoms with E-state index >= 15 is 0 Å². The molecule has 0 aliphatic carbocycles. The summed E-state index contributed by atoms with van der Waals surface area (Å²) in [6, 6.07) is 8.12. The molecule has 21 heavy (non-hydrogen) atoms. The van der Waals surface area contributed by atoms with Gasteiger partial charge in [-0.25, -0.2) is 4.79 Å². The van der Waals surface area contributed by atoms with Gasteiger partial charge in [0.05, 0.1) is 0 Å². The van der Waals surface area contributed by atoms with Gasteiger partial charge in [0.25, 0.3) is 5.56 Å². The van der Waals surface area contributed by atoms with Gasteiger partial charge in [0.15, 0.2) is 0 Å². The van der Waals surface area contributed by atoms with Crippen LogP contribution in [0.5, 0.6) is 0 Å². The van der Waals surface area contributed by atoms with Crippen molar-refractivity contribution in [2.24, 2.45) is 0 Å². The largest absolute Gasteiger partial charge is 0.352 e. The first-order valence-electron chi connectivity index (χ1n) is 5.78. The van der Waals surface area contributed by atoms with E-state index in [0.717, 1.165) is 31.2 Å². The van der Waals surface area contributed by atoms with E-state index in [1.165, 1.54) is 6.92 Å². The van der Waals surface area contributed by atoms with E-state index < -0.39 is 11.6 Å². The van der Waals surface area contributed by atoms with Crippen LogP contribution in [0.1, 0.15) is 6.92 Å². The number of aromatic nitrogens is 2. The molecule has 0 fully saturated rings. The molecule has 0 aliphatic rings. The highest BCUT2D eigenvalue weighted by Gasteiger charge is 2.13. The van der Waals surface area contributed by atoms with E-state index in [9.17, 15) is 14.4 Å². The van der Waals surface area contributed by atoms with Crippen LogP contribution in [0, 0.1) is 3.57 Å². The van der Waals surface area contributed by atoms with Gasteiger partial charge in [-0.2, -0.15) is 4.68 Å². The predicted octanol–water partition coefficient (Wildman–Crippen LogP) is 2.00. The van der Waals surface area contributed by atoms with Crippen LogP contribution >= 0.6 is 34.5 Å². The number of carbonyl (C=O) groups excluding carboxylic acids is 2. The Morgan fingerprint density at radius 1 is 1.29 bits per heavy atom.